The minimum atomic E-state index is -3.64. The molecule has 1 aliphatic rings. The Labute approximate surface area is 165 Å². The third-order valence-corrected chi connectivity index (χ3v) is 6.61. The lowest BCUT2D eigenvalue weighted by molar-refractivity contribution is 0.0498. The zero-order valence-electron chi connectivity index (χ0n) is 14.8. The molecule has 1 aromatic heterocycles. The third-order valence-electron chi connectivity index (χ3n) is 4.03. The standard InChI is InChI=1S/C17H17N3O6S2/c1-19(17(23)26-16(22)13-6-9-27-11-13)18-15(21)12-4-2-5-14(10-12)28(24,25)20-7-3-8-20/h2,4-6,9-11H,3,7-8H2,1H3,(H,18,21). The average Bonchev–Trinajstić information content (AvgIpc) is 3.14. The molecule has 28 heavy (non-hydrogen) atoms. The first-order chi connectivity index (χ1) is 13.3. The molecule has 1 N–H and O–H groups in total. The number of carbonyl (C=O) groups excluding carboxylic acids is 3. The van der Waals surface area contributed by atoms with Gasteiger partial charge >= 0.3 is 12.1 Å². The third kappa shape index (κ3) is 4.21. The van der Waals surface area contributed by atoms with Crippen molar-refractivity contribution in [2.24, 2.45) is 0 Å². The largest absolute Gasteiger partial charge is 0.436 e. The maximum Gasteiger partial charge on any atom is 0.436 e. The zero-order chi connectivity index (χ0) is 20.3. The minimum absolute atomic E-state index is 0.00212. The van der Waals surface area contributed by atoms with Crippen LogP contribution >= 0.6 is 11.3 Å². The van der Waals surface area contributed by atoms with Crippen molar-refractivity contribution < 1.29 is 27.5 Å². The Bertz CT molecular complexity index is 1000. The Morgan fingerprint density at radius 1 is 1.18 bits per heavy atom. The van der Waals surface area contributed by atoms with E-state index in [2.05, 4.69) is 10.2 Å². The number of hydrogen-bond acceptors (Lipinski definition) is 7. The van der Waals surface area contributed by atoms with Gasteiger partial charge in [-0.15, -0.1) is 0 Å². The van der Waals surface area contributed by atoms with Crippen molar-refractivity contribution in [3.63, 3.8) is 0 Å². The fourth-order valence-corrected chi connectivity index (χ4v) is 4.51. The van der Waals surface area contributed by atoms with Gasteiger partial charge in [0.25, 0.3) is 5.91 Å². The van der Waals surface area contributed by atoms with Crippen molar-refractivity contribution in [2.75, 3.05) is 20.1 Å². The topological polar surface area (TPSA) is 113 Å². The molecule has 0 bridgehead atoms. The van der Waals surface area contributed by atoms with Gasteiger partial charge in [0.05, 0.1) is 10.5 Å². The lowest BCUT2D eigenvalue weighted by atomic mass is 10.2. The van der Waals surface area contributed by atoms with Gasteiger partial charge in [0.2, 0.25) is 10.0 Å². The maximum absolute atomic E-state index is 12.4. The number of nitrogens with one attached hydrogen (secondary N) is 1. The average molecular weight is 423 g/mol. The molecule has 1 saturated heterocycles. The van der Waals surface area contributed by atoms with Gasteiger partial charge in [-0.05, 0) is 36.1 Å². The molecule has 0 unspecified atom stereocenters. The number of ether oxygens (including phenoxy) is 1. The van der Waals surface area contributed by atoms with Crippen molar-refractivity contribution in [3.8, 4) is 0 Å². The van der Waals surface area contributed by atoms with E-state index in [1.165, 1.54) is 58.4 Å². The van der Waals surface area contributed by atoms with Crippen molar-refractivity contribution in [1.82, 2.24) is 14.7 Å². The zero-order valence-corrected chi connectivity index (χ0v) is 16.5. The van der Waals surface area contributed by atoms with E-state index in [9.17, 15) is 22.8 Å². The summed E-state index contributed by atoms with van der Waals surface area (Å²) in [5.74, 6) is -1.56. The fourth-order valence-electron chi connectivity index (χ4n) is 2.32. The van der Waals surface area contributed by atoms with Crippen molar-refractivity contribution in [2.45, 2.75) is 11.3 Å². The van der Waals surface area contributed by atoms with E-state index in [1.807, 2.05) is 0 Å². The molecular formula is C17H17N3O6S2. The quantitative estimate of drug-likeness (QED) is 0.455. The molecule has 1 aliphatic heterocycles. The van der Waals surface area contributed by atoms with Crippen LogP contribution in [0.3, 0.4) is 0 Å². The van der Waals surface area contributed by atoms with Crippen LogP contribution in [0, 0.1) is 0 Å². The van der Waals surface area contributed by atoms with E-state index in [-0.39, 0.29) is 16.0 Å². The van der Waals surface area contributed by atoms with Gasteiger partial charge in [0.1, 0.15) is 0 Å². The summed E-state index contributed by atoms with van der Waals surface area (Å²) in [7, 11) is -2.43. The number of sulfonamides is 1. The highest BCUT2D eigenvalue weighted by molar-refractivity contribution is 7.89. The Morgan fingerprint density at radius 2 is 1.93 bits per heavy atom. The Balaban J connectivity index is 1.65. The first-order valence-electron chi connectivity index (χ1n) is 8.22. The molecule has 1 fully saturated rings. The number of nitrogens with zero attached hydrogens (tertiary/aromatic N) is 2. The normalized spacial score (nSPS) is 14.0. The fraction of sp³-hybridized carbons (Fsp3) is 0.235. The highest BCUT2D eigenvalue weighted by atomic mass is 32.2. The minimum Gasteiger partial charge on any atom is -0.371 e. The molecule has 3 rings (SSSR count). The number of carbonyl (C=O) groups is 3. The molecule has 0 spiro atoms. The van der Waals surface area contributed by atoms with Crippen LogP contribution in [0.5, 0.6) is 0 Å². The summed E-state index contributed by atoms with van der Waals surface area (Å²) in [6.07, 6.45) is -0.273. The SMILES string of the molecule is CN(NC(=O)c1cccc(S(=O)(=O)N2CCC2)c1)C(=O)OC(=O)c1ccsc1. The predicted octanol–water partition coefficient (Wildman–Crippen LogP) is 1.70. The Kier molecular flexibility index (Phi) is 5.77. The summed E-state index contributed by atoms with van der Waals surface area (Å²) >= 11 is 1.27. The number of benzene rings is 1. The summed E-state index contributed by atoms with van der Waals surface area (Å²) in [6.45, 7) is 0.900. The second kappa shape index (κ2) is 8.09. The van der Waals surface area contributed by atoms with Crippen molar-refractivity contribution in [1.29, 1.82) is 0 Å². The van der Waals surface area contributed by atoms with E-state index in [4.69, 9.17) is 0 Å². The van der Waals surface area contributed by atoms with Gasteiger partial charge in [0.15, 0.2) is 0 Å². The van der Waals surface area contributed by atoms with Gasteiger partial charge in [-0.25, -0.2) is 23.0 Å². The molecule has 11 heteroatoms. The lowest BCUT2D eigenvalue weighted by Crippen LogP contribution is -2.44. The van der Waals surface area contributed by atoms with Crippen LogP contribution in [0.4, 0.5) is 4.79 Å². The number of thiophene rings is 1. The number of hydrazine groups is 1. The summed E-state index contributed by atoms with van der Waals surface area (Å²) in [5.41, 5.74) is 2.52. The van der Waals surface area contributed by atoms with Crippen molar-refractivity contribution in [3.05, 3.63) is 52.2 Å². The Hall–Kier alpha value is -2.76. The summed E-state index contributed by atoms with van der Waals surface area (Å²) < 4.78 is 30.8. The number of esters is 1. The highest BCUT2D eigenvalue weighted by Gasteiger charge is 2.30. The van der Waals surface area contributed by atoms with Crippen LogP contribution in [0.25, 0.3) is 0 Å². The highest BCUT2D eigenvalue weighted by Crippen LogP contribution is 2.21. The summed E-state index contributed by atoms with van der Waals surface area (Å²) in [5, 5.41) is 3.90. The first-order valence-corrected chi connectivity index (χ1v) is 10.6. The monoisotopic (exact) mass is 423 g/mol. The molecule has 0 saturated carbocycles. The van der Waals surface area contributed by atoms with Crippen LogP contribution < -0.4 is 5.43 Å². The van der Waals surface area contributed by atoms with Crippen LogP contribution in [0.1, 0.15) is 27.1 Å². The molecule has 1 aromatic carbocycles. The maximum atomic E-state index is 12.4. The van der Waals surface area contributed by atoms with Crippen LogP contribution in [0.15, 0.2) is 46.0 Å². The molecule has 2 aromatic rings. The molecule has 0 atom stereocenters. The molecule has 2 heterocycles. The van der Waals surface area contributed by atoms with Crippen molar-refractivity contribution >= 4 is 39.3 Å². The molecule has 0 aliphatic carbocycles. The molecule has 9 nitrogen and oxygen atoms in total. The van der Waals surface area contributed by atoms with Gasteiger partial charge in [-0.2, -0.15) is 15.6 Å². The predicted molar refractivity (Wildman–Crippen MR) is 100 cm³/mol. The van der Waals surface area contributed by atoms with E-state index >= 15 is 0 Å². The van der Waals surface area contributed by atoms with Gasteiger partial charge in [-0.1, -0.05) is 6.07 Å². The lowest BCUT2D eigenvalue weighted by Gasteiger charge is -2.29. The first kappa shape index (κ1) is 20.0. The van der Waals surface area contributed by atoms with E-state index in [0.717, 1.165) is 6.42 Å². The number of rotatable bonds is 4. The van der Waals surface area contributed by atoms with E-state index < -0.39 is 28.0 Å². The molecule has 0 radical (unpaired) electrons. The van der Waals surface area contributed by atoms with Crippen LogP contribution in [0.2, 0.25) is 0 Å². The second-order valence-corrected chi connectivity index (χ2v) is 8.67. The van der Waals surface area contributed by atoms with Crippen LogP contribution in [-0.4, -0.2) is 55.8 Å². The summed E-state index contributed by atoms with van der Waals surface area (Å²) in [6, 6.07) is 7.00. The van der Waals surface area contributed by atoms with E-state index in [1.54, 1.807) is 5.38 Å². The molecule has 2 amide bonds. The molecular weight excluding hydrogens is 406 g/mol. The molecule has 148 valence electrons. The smallest absolute Gasteiger partial charge is 0.371 e. The van der Waals surface area contributed by atoms with E-state index in [0.29, 0.717) is 18.1 Å². The number of hydrogen-bond donors (Lipinski definition) is 1. The van der Waals surface area contributed by atoms with Gasteiger partial charge < -0.3 is 4.74 Å². The van der Waals surface area contributed by atoms with Gasteiger partial charge in [-0.3, -0.25) is 10.2 Å². The van der Waals surface area contributed by atoms with Crippen LogP contribution in [-0.2, 0) is 14.8 Å². The van der Waals surface area contributed by atoms with Gasteiger partial charge in [0, 0.05) is 31.1 Å². The number of amides is 2. The summed E-state index contributed by atoms with van der Waals surface area (Å²) in [4.78, 5) is 36.1. The Morgan fingerprint density at radius 3 is 2.54 bits per heavy atom. The second-order valence-electron chi connectivity index (χ2n) is 5.95.